The molecule has 1 N–H and O–H groups in total. The van der Waals surface area contributed by atoms with E-state index in [-0.39, 0.29) is 0 Å². The Morgan fingerprint density at radius 2 is 1.29 bits per heavy atom. The second-order valence-corrected chi connectivity index (χ2v) is 10.2. The molecular formula is C30H51NO4. The predicted molar refractivity (Wildman–Crippen MR) is 146 cm³/mol. The van der Waals surface area contributed by atoms with E-state index in [4.69, 9.17) is 9.47 Å². The molecule has 0 amide bonds. The maximum absolute atomic E-state index is 12.6. The molecule has 1 atom stereocenters. The van der Waals surface area contributed by atoms with Gasteiger partial charge < -0.3 is 14.8 Å². The zero-order valence-corrected chi connectivity index (χ0v) is 23.1. The highest BCUT2D eigenvalue weighted by molar-refractivity contribution is 5.92. The lowest BCUT2D eigenvalue weighted by atomic mass is 10.00. The molecule has 0 spiro atoms. The van der Waals surface area contributed by atoms with Gasteiger partial charge in [0.25, 0.3) is 0 Å². The van der Waals surface area contributed by atoms with Gasteiger partial charge in [-0.2, -0.15) is 0 Å². The molecule has 5 heteroatoms. The number of benzene rings is 1. The van der Waals surface area contributed by atoms with E-state index in [1.165, 1.54) is 83.5 Å². The summed E-state index contributed by atoms with van der Waals surface area (Å²) in [6, 6.07) is 7.85. The van der Waals surface area contributed by atoms with Gasteiger partial charge >= 0.3 is 11.9 Å². The summed E-state index contributed by atoms with van der Waals surface area (Å²) in [5, 5.41) is 3.70. The van der Waals surface area contributed by atoms with E-state index in [0.29, 0.717) is 18.2 Å². The van der Waals surface area contributed by atoms with Crippen molar-refractivity contribution in [1.29, 1.82) is 0 Å². The van der Waals surface area contributed by atoms with E-state index in [9.17, 15) is 9.59 Å². The van der Waals surface area contributed by atoms with E-state index in [1.54, 1.807) is 26.0 Å². The Kier molecular flexibility index (Phi) is 16.2. The van der Waals surface area contributed by atoms with Crippen molar-refractivity contribution in [3.8, 4) is 0 Å². The van der Waals surface area contributed by atoms with Crippen molar-refractivity contribution in [1.82, 2.24) is 0 Å². The average molecular weight is 490 g/mol. The van der Waals surface area contributed by atoms with Crippen molar-refractivity contribution < 1.29 is 19.1 Å². The Morgan fingerprint density at radius 1 is 0.771 bits per heavy atom. The molecule has 0 fully saturated rings. The summed E-state index contributed by atoms with van der Waals surface area (Å²) in [7, 11) is 0. The minimum atomic E-state index is -1.32. The molecule has 35 heavy (non-hydrogen) atoms. The molecule has 0 radical (unpaired) electrons. The van der Waals surface area contributed by atoms with E-state index in [1.807, 2.05) is 19.1 Å². The number of unbranched alkanes of at least 4 members (excludes halogenated alkanes) is 9. The fourth-order valence-electron chi connectivity index (χ4n) is 4.09. The van der Waals surface area contributed by atoms with Crippen LogP contribution >= 0.6 is 0 Å². The summed E-state index contributed by atoms with van der Waals surface area (Å²) >= 11 is 0. The predicted octanol–water partition coefficient (Wildman–Crippen LogP) is 8.47. The molecule has 1 aromatic rings. The van der Waals surface area contributed by atoms with Gasteiger partial charge in [-0.15, -0.1) is 0 Å². The second kappa shape index (κ2) is 18.3. The van der Waals surface area contributed by atoms with E-state index < -0.39 is 17.5 Å². The number of esters is 2. The Morgan fingerprint density at radius 3 is 1.80 bits per heavy atom. The maximum atomic E-state index is 12.6. The highest BCUT2D eigenvalue weighted by Gasteiger charge is 2.34. The smallest absolute Gasteiger partial charge is 0.350 e. The van der Waals surface area contributed by atoms with Crippen molar-refractivity contribution in [2.45, 2.75) is 136 Å². The number of carbonyl (C=O) groups excluding carboxylic acids is 2. The van der Waals surface area contributed by atoms with Gasteiger partial charge in [-0.3, -0.25) is 0 Å². The van der Waals surface area contributed by atoms with Crippen LogP contribution in [0.5, 0.6) is 0 Å². The molecule has 0 saturated carbocycles. The monoisotopic (exact) mass is 489 g/mol. The minimum absolute atomic E-state index is 0.318. The lowest BCUT2D eigenvalue weighted by molar-refractivity contribution is -0.162. The lowest BCUT2D eigenvalue weighted by Gasteiger charge is -2.23. The second-order valence-electron chi connectivity index (χ2n) is 10.2. The van der Waals surface area contributed by atoms with E-state index in [2.05, 4.69) is 19.2 Å². The Bertz CT molecular complexity index is 699. The number of ether oxygens (including phenoxy) is 2. The molecular weight excluding hydrogens is 438 g/mol. The molecule has 5 nitrogen and oxygen atoms in total. The van der Waals surface area contributed by atoms with Crippen LogP contribution in [-0.4, -0.2) is 30.2 Å². The Hall–Kier alpha value is -2.04. The minimum Gasteiger partial charge on any atom is -0.463 e. The van der Waals surface area contributed by atoms with Gasteiger partial charge in [-0.1, -0.05) is 91.4 Å². The number of hydrogen-bond acceptors (Lipinski definition) is 5. The van der Waals surface area contributed by atoms with Crippen LogP contribution in [0.2, 0.25) is 0 Å². The first-order chi connectivity index (χ1) is 16.8. The first-order valence-electron chi connectivity index (χ1n) is 14.1. The molecule has 1 unspecified atom stereocenters. The van der Waals surface area contributed by atoms with Crippen molar-refractivity contribution in [3.05, 3.63) is 29.8 Å². The number of rotatable bonds is 20. The van der Waals surface area contributed by atoms with Crippen molar-refractivity contribution in [2.24, 2.45) is 0 Å². The third-order valence-electron chi connectivity index (χ3n) is 6.33. The zero-order chi connectivity index (χ0) is 25.9. The van der Waals surface area contributed by atoms with Gasteiger partial charge in [0.2, 0.25) is 5.60 Å². The highest BCUT2D eigenvalue weighted by atomic mass is 16.6. The summed E-state index contributed by atoms with van der Waals surface area (Å²) in [6.07, 6.45) is 17.4. The summed E-state index contributed by atoms with van der Waals surface area (Å²) in [4.78, 5) is 24.8. The van der Waals surface area contributed by atoms with Crippen LogP contribution in [0.1, 0.15) is 135 Å². The standard InChI is InChI=1S/C30H51NO4/c1-6-9-11-13-15-17-19-26(18-16-14-12-10-7-2)31-27-22-20-25(21-23-27)28(32)35-30(4,5)29(33)34-24-8-3/h20-23,26,31H,6-19,24H2,1-5H3. The fourth-order valence-corrected chi connectivity index (χ4v) is 4.09. The Balaban J connectivity index is 2.64. The zero-order valence-electron chi connectivity index (χ0n) is 23.1. The van der Waals surface area contributed by atoms with Gasteiger partial charge in [0.15, 0.2) is 0 Å². The molecule has 200 valence electrons. The molecule has 0 aliphatic heterocycles. The van der Waals surface area contributed by atoms with Crippen LogP contribution in [0, 0.1) is 0 Å². The summed E-state index contributed by atoms with van der Waals surface area (Å²) < 4.78 is 10.6. The van der Waals surface area contributed by atoms with Crippen LogP contribution in [-0.2, 0) is 14.3 Å². The normalized spacial score (nSPS) is 12.3. The van der Waals surface area contributed by atoms with E-state index in [0.717, 1.165) is 12.1 Å². The number of hydrogen-bond donors (Lipinski definition) is 1. The number of anilines is 1. The first-order valence-corrected chi connectivity index (χ1v) is 14.1. The molecule has 0 aromatic heterocycles. The molecule has 0 aliphatic carbocycles. The van der Waals surface area contributed by atoms with Crippen LogP contribution in [0.15, 0.2) is 24.3 Å². The number of carbonyl (C=O) groups is 2. The van der Waals surface area contributed by atoms with Gasteiger partial charge in [0.05, 0.1) is 12.2 Å². The quantitative estimate of drug-likeness (QED) is 0.147. The lowest BCUT2D eigenvalue weighted by Crippen LogP contribution is -2.39. The third kappa shape index (κ3) is 13.6. The van der Waals surface area contributed by atoms with Crippen LogP contribution in [0.3, 0.4) is 0 Å². The van der Waals surface area contributed by atoms with Crippen molar-refractivity contribution in [3.63, 3.8) is 0 Å². The molecule has 1 aromatic carbocycles. The SMILES string of the molecule is CCCCCCCCC(CCCCCCC)Nc1ccc(C(=O)OC(C)(C)C(=O)OCCC)cc1. The van der Waals surface area contributed by atoms with Crippen LogP contribution < -0.4 is 5.32 Å². The molecule has 0 aliphatic rings. The van der Waals surface area contributed by atoms with Gasteiger partial charge in [0, 0.05) is 11.7 Å². The third-order valence-corrected chi connectivity index (χ3v) is 6.33. The Labute approximate surface area is 214 Å². The van der Waals surface area contributed by atoms with Gasteiger partial charge in [-0.25, -0.2) is 9.59 Å². The topological polar surface area (TPSA) is 64.6 Å². The van der Waals surface area contributed by atoms with Gasteiger partial charge in [0.1, 0.15) is 0 Å². The van der Waals surface area contributed by atoms with Crippen LogP contribution in [0.25, 0.3) is 0 Å². The maximum Gasteiger partial charge on any atom is 0.350 e. The summed E-state index contributed by atoms with van der Waals surface area (Å²) in [5.74, 6) is -1.04. The van der Waals surface area contributed by atoms with Crippen LogP contribution in [0.4, 0.5) is 5.69 Å². The largest absolute Gasteiger partial charge is 0.463 e. The van der Waals surface area contributed by atoms with Crippen molar-refractivity contribution in [2.75, 3.05) is 11.9 Å². The summed E-state index contributed by atoms with van der Waals surface area (Å²) in [5.41, 5.74) is 0.134. The van der Waals surface area contributed by atoms with Gasteiger partial charge in [-0.05, 0) is 57.4 Å². The fraction of sp³-hybridized carbons (Fsp3) is 0.733. The summed E-state index contributed by atoms with van der Waals surface area (Å²) in [6.45, 7) is 9.87. The molecule has 0 saturated heterocycles. The molecule has 0 heterocycles. The van der Waals surface area contributed by atoms with Crippen molar-refractivity contribution >= 4 is 17.6 Å². The first kappa shape index (κ1) is 31.0. The molecule has 0 bridgehead atoms. The average Bonchev–Trinajstić information content (AvgIpc) is 2.84. The number of nitrogens with one attached hydrogen (secondary N) is 1. The highest BCUT2D eigenvalue weighted by Crippen LogP contribution is 2.21. The van der Waals surface area contributed by atoms with E-state index >= 15 is 0 Å². The molecule has 1 rings (SSSR count).